The Hall–Kier alpha value is -2.98. The Bertz CT molecular complexity index is 921. The van der Waals surface area contributed by atoms with Crippen LogP contribution in [0.4, 0.5) is 11.4 Å². The quantitative estimate of drug-likeness (QED) is 0.612. The molecule has 0 bridgehead atoms. The molecule has 3 aromatic rings. The van der Waals surface area contributed by atoms with Gasteiger partial charge < -0.3 is 16.6 Å². The van der Waals surface area contributed by atoms with Crippen LogP contribution in [0.1, 0.15) is 10.4 Å². The van der Waals surface area contributed by atoms with E-state index in [2.05, 4.69) is 0 Å². The summed E-state index contributed by atoms with van der Waals surface area (Å²) >= 11 is 6.32. The van der Waals surface area contributed by atoms with Gasteiger partial charge in [-0.15, -0.1) is 0 Å². The van der Waals surface area contributed by atoms with E-state index in [1.165, 1.54) is 6.07 Å². The van der Waals surface area contributed by atoms with Gasteiger partial charge in [0.05, 0.1) is 5.56 Å². The zero-order valence-electron chi connectivity index (χ0n) is 12.7. The molecule has 5 heteroatoms. The molecule has 0 aromatic heterocycles. The number of anilines is 2. The van der Waals surface area contributed by atoms with Crippen molar-refractivity contribution in [2.45, 2.75) is 0 Å². The molecule has 0 amide bonds. The first-order valence-corrected chi connectivity index (χ1v) is 7.63. The fourth-order valence-electron chi connectivity index (χ4n) is 2.66. The average Bonchev–Trinajstić information content (AvgIpc) is 2.55. The highest BCUT2D eigenvalue weighted by Gasteiger charge is 2.18. The number of hydrogen-bond donors (Lipinski definition) is 3. The lowest BCUT2D eigenvalue weighted by molar-refractivity contribution is 0.0697. The van der Waals surface area contributed by atoms with Gasteiger partial charge in [0, 0.05) is 22.0 Å². The summed E-state index contributed by atoms with van der Waals surface area (Å²) in [5, 5.41) is 9.87. The maximum Gasteiger partial charge on any atom is 0.336 e. The van der Waals surface area contributed by atoms with Gasteiger partial charge in [0.25, 0.3) is 0 Å². The normalized spacial score (nSPS) is 10.5. The largest absolute Gasteiger partial charge is 0.478 e. The van der Waals surface area contributed by atoms with Gasteiger partial charge in [-0.3, -0.25) is 0 Å². The number of carboxylic acids is 1. The highest BCUT2D eigenvalue weighted by atomic mass is 35.5. The Morgan fingerprint density at radius 2 is 1.54 bits per heavy atom. The predicted molar refractivity (Wildman–Crippen MR) is 98.1 cm³/mol. The van der Waals surface area contributed by atoms with Crippen LogP contribution in [-0.4, -0.2) is 11.1 Å². The number of hydrogen-bond acceptors (Lipinski definition) is 3. The third-order valence-corrected chi connectivity index (χ3v) is 4.09. The first-order valence-electron chi connectivity index (χ1n) is 7.25. The van der Waals surface area contributed by atoms with Crippen molar-refractivity contribution in [1.82, 2.24) is 0 Å². The molecule has 5 N–H and O–H groups in total. The number of carboxylic acid groups (broad SMARTS) is 1. The van der Waals surface area contributed by atoms with Gasteiger partial charge in [0.1, 0.15) is 0 Å². The van der Waals surface area contributed by atoms with Gasteiger partial charge in [-0.1, -0.05) is 35.9 Å². The molecule has 0 atom stereocenters. The number of benzene rings is 3. The molecule has 0 heterocycles. The fraction of sp³-hybridized carbons (Fsp3) is 0. The van der Waals surface area contributed by atoms with Gasteiger partial charge in [-0.2, -0.15) is 0 Å². The molecule has 24 heavy (non-hydrogen) atoms. The van der Waals surface area contributed by atoms with Gasteiger partial charge in [0.2, 0.25) is 0 Å². The maximum absolute atomic E-state index is 11.6. The van der Waals surface area contributed by atoms with Crippen LogP contribution in [0, 0.1) is 0 Å². The van der Waals surface area contributed by atoms with Crippen molar-refractivity contribution >= 4 is 28.9 Å². The van der Waals surface area contributed by atoms with Gasteiger partial charge >= 0.3 is 5.97 Å². The number of carbonyl (C=O) groups is 1. The smallest absolute Gasteiger partial charge is 0.336 e. The van der Waals surface area contributed by atoms with Gasteiger partial charge in [0.15, 0.2) is 0 Å². The van der Waals surface area contributed by atoms with E-state index >= 15 is 0 Å². The second kappa shape index (κ2) is 6.26. The molecular formula is C19H15ClN2O2. The number of nitrogen functional groups attached to an aromatic ring is 2. The van der Waals surface area contributed by atoms with Crippen LogP contribution in [0.25, 0.3) is 22.3 Å². The zero-order chi connectivity index (χ0) is 17.3. The minimum atomic E-state index is -1.04. The van der Waals surface area contributed by atoms with Crippen LogP contribution >= 0.6 is 11.6 Å². The summed E-state index contributed by atoms with van der Waals surface area (Å²) in [5.74, 6) is -1.04. The second-order valence-corrected chi connectivity index (χ2v) is 5.80. The molecule has 0 unspecified atom stereocenters. The Kier molecular flexibility index (Phi) is 4.15. The second-order valence-electron chi connectivity index (χ2n) is 5.39. The van der Waals surface area contributed by atoms with E-state index < -0.39 is 5.97 Å². The van der Waals surface area contributed by atoms with Crippen LogP contribution in [0.15, 0.2) is 60.7 Å². The van der Waals surface area contributed by atoms with E-state index in [-0.39, 0.29) is 5.56 Å². The lowest BCUT2D eigenvalue weighted by Crippen LogP contribution is -2.01. The van der Waals surface area contributed by atoms with Crippen LogP contribution < -0.4 is 11.5 Å². The van der Waals surface area contributed by atoms with Crippen molar-refractivity contribution in [3.63, 3.8) is 0 Å². The molecule has 3 aromatic carbocycles. The third kappa shape index (κ3) is 2.92. The summed E-state index contributed by atoms with van der Waals surface area (Å²) in [4.78, 5) is 11.6. The van der Waals surface area contributed by atoms with Crippen LogP contribution in [-0.2, 0) is 0 Å². The molecule has 0 aliphatic carbocycles. The third-order valence-electron chi connectivity index (χ3n) is 3.78. The Morgan fingerprint density at radius 1 is 0.875 bits per heavy atom. The summed E-state index contributed by atoms with van der Waals surface area (Å²) in [7, 11) is 0. The summed E-state index contributed by atoms with van der Waals surface area (Å²) < 4.78 is 0. The molecule has 0 radical (unpaired) electrons. The number of aromatic carboxylic acids is 1. The number of nitrogens with two attached hydrogens (primary N) is 2. The monoisotopic (exact) mass is 338 g/mol. The lowest BCUT2D eigenvalue weighted by Gasteiger charge is -2.15. The molecule has 3 rings (SSSR count). The topological polar surface area (TPSA) is 89.3 Å². The fourth-order valence-corrected chi connectivity index (χ4v) is 2.94. The van der Waals surface area contributed by atoms with Crippen LogP contribution in [0.5, 0.6) is 0 Å². The van der Waals surface area contributed by atoms with Crippen molar-refractivity contribution in [1.29, 1.82) is 0 Å². The standard InChI is InChI=1S/C19H15ClN2O2/c20-17-3-1-2-15(19(23)24)18(17)16-10-13(22)8-9-14(16)11-4-6-12(21)7-5-11/h1-10H,21-22H2,(H,23,24). The summed E-state index contributed by atoms with van der Waals surface area (Å²) in [6.45, 7) is 0. The van der Waals surface area contributed by atoms with E-state index in [1.807, 2.05) is 18.2 Å². The minimum absolute atomic E-state index is 0.129. The van der Waals surface area contributed by atoms with E-state index in [0.717, 1.165) is 11.1 Å². The predicted octanol–water partition coefficient (Wildman–Crippen LogP) is 4.54. The van der Waals surface area contributed by atoms with Crippen molar-refractivity contribution in [3.8, 4) is 22.3 Å². The van der Waals surface area contributed by atoms with Gasteiger partial charge in [-0.25, -0.2) is 4.79 Å². The van der Waals surface area contributed by atoms with E-state index in [1.54, 1.807) is 36.4 Å². The Balaban J connectivity index is 2.32. The summed E-state index contributed by atoms with van der Waals surface area (Å²) in [6.07, 6.45) is 0. The Morgan fingerprint density at radius 3 is 2.21 bits per heavy atom. The van der Waals surface area contributed by atoms with Crippen molar-refractivity contribution < 1.29 is 9.90 Å². The van der Waals surface area contributed by atoms with Crippen molar-refractivity contribution in [3.05, 3.63) is 71.2 Å². The zero-order valence-corrected chi connectivity index (χ0v) is 13.4. The summed E-state index contributed by atoms with van der Waals surface area (Å²) in [6, 6.07) is 17.5. The highest BCUT2D eigenvalue weighted by Crippen LogP contribution is 2.39. The molecule has 0 spiro atoms. The SMILES string of the molecule is Nc1ccc(-c2ccc(N)cc2-c2c(Cl)cccc2C(=O)O)cc1. The first kappa shape index (κ1) is 15.9. The lowest BCUT2D eigenvalue weighted by atomic mass is 9.91. The molecule has 0 aliphatic heterocycles. The molecular weight excluding hydrogens is 324 g/mol. The molecule has 120 valence electrons. The number of halogens is 1. The van der Waals surface area contributed by atoms with Crippen LogP contribution in [0.3, 0.4) is 0 Å². The molecule has 0 saturated heterocycles. The average molecular weight is 339 g/mol. The van der Waals surface area contributed by atoms with Gasteiger partial charge in [-0.05, 0) is 53.1 Å². The van der Waals surface area contributed by atoms with E-state index in [9.17, 15) is 9.90 Å². The Labute approximate surface area is 144 Å². The molecule has 0 aliphatic rings. The van der Waals surface area contributed by atoms with E-state index in [4.69, 9.17) is 23.1 Å². The first-order chi connectivity index (χ1) is 11.5. The molecule has 0 saturated carbocycles. The molecule has 0 fully saturated rings. The maximum atomic E-state index is 11.6. The van der Waals surface area contributed by atoms with Crippen LogP contribution in [0.2, 0.25) is 5.02 Å². The van der Waals surface area contributed by atoms with Crippen molar-refractivity contribution in [2.24, 2.45) is 0 Å². The van der Waals surface area contributed by atoms with E-state index in [0.29, 0.717) is 27.5 Å². The van der Waals surface area contributed by atoms with Crippen molar-refractivity contribution in [2.75, 3.05) is 11.5 Å². The molecule has 4 nitrogen and oxygen atoms in total. The highest BCUT2D eigenvalue weighted by molar-refractivity contribution is 6.34. The number of rotatable bonds is 3. The minimum Gasteiger partial charge on any atom is -0.478 e. The summed E-state index contributed by atoms with van der Waals surface area (Å²) in [5.41, 5.74) is 15.8.